The van der Waals surface area contributed by atoms with Crippen molar-refractivity contribution in [3.63, 3.8) is 0 Å². The number of ether oxygens (including phenoxy) is 2. The van der Waals surface area contributed by atoms with E-state index in [1.807, 2.05) is 11.9 Å². The van der Waals surface area contributed by atoms with Crippen LogP contribution in [0.4, 0.5) is 37.7 Å². The number of carbonyl (C=O) groups is 3. The summed E-state index contributed by atoms with van der Waals surface area (Å²) in [7, 11) is 1.88. The molecule has 14 heteroatoms. The highest BCUT2D eigenvalue weighted by molar-refractivity contribution is 6.07. The number of halogens is 6. The average Bonchev–Trinajstić information content (AvgIpc) is 2.79. The Morgan fingerprint density at radius 1 is 0.971 bits per heavy atom. The molecule has 35 heavy (non-hydrogen) atoms. The number of benzene rings is 1. The molecule has 194 valence electrons. The molecular weight excluding hydrogens is 488 g/mol. The predicted molar refractivity (Wildman–Crippen MR) is 110 cm³/mol. The molecule has 0 atom stereocenters. The third kappa shape index (κ3) is 6.42. The lowest BCUT2D eigenvalue weighted by molar-refractivity contribution is -0.193. The zero-order chi connectivity index (χ0) is 26.0. The maximum Gasteiger partial charge on any atom is 0.491 e. The van der Waals surface area contributed by atoms with Gasteiger partial charge in [0.15, 0.2) is 0 Å². The molecule has 2 fully saturated rings. The number of alkyl halides is 6. The van der Waals surface area contributed by atoms with Gasteiger partial charge in [-0.2, -0.15) is 26.3 Å². The van der Waals surface area contributed by atoms with Gasteiger partial charge in [-0.1, -0.05) is 0 Å². The summed E-state index contributed by atoms with van der Waals surface area (Å²) in [5.41, 5.74) is -1.00. The van der Waals surface area contributed by atoms with E-state index >= 15 is 0 Å². The Morgan fingerprint density at radius 3 is 2.11 bits per heavy atom. The molecule has 2 aliphatic rings. The normalized spacial score (nSPS) is 18.3. The van der Waals surface area contributed by atoms with Gasteiger partial charge in [0.2, 0.25) is 0 Å². The Bertz CT molecular complexity index is 954. The Balaban J connectivity index is 2.09. The van der Waals surface area contributed by atoms with Gasteiger partial charge in [-0.15, -0.1) is 0 Å². The molecule has 3 rings (SSSR count). The standard InChI is InChI=1S/C21H23F6N3O5/c1-28-6-8-29(9-7-28)14-2-3-15(17(31)35-19(33)21(25,26)27)16(12-14)30(18(32)20(22,23)24)13-4-10-34-11-5-13/h2-3,12-13H,4-11H2,1H3. The van der Waals surface area contributed by atoms with Crippen LogP contribution in [-0.2, 0) is 19.1 Å². The van der Waals surface area contributed by atoms with Crippen molar-refractivity contribution in [2.45, 2.75) is 31.2 Å². The maximum atomic E-state index is 13.6. The first-order valence-electron chi connectivity index (χ1n) is 10.7. The Hall–Kier alpha value is -2.87. The van der Waals surface area contributed by atoms with Crippen LogP contribution in [0.15, 0.2) is 18.2 Å². The van der Waals surface area contributed by atoms with E-state index in [-0.39, 0.29) is 26.1 Å². The second-order valence-corrected chi connectivity index (χ2v) is 8.18. The van der Waals surface area contributed by atoms with Crippen LogP contribution in [0.3, 0.4) is 0 Å². The van der Waals surface area contributed by atoms with Gasteiger partial charge in [0.1, 0.15) is 0 Å². The van der Waals surface area contributed by atoms with Crippen molar-refractivity contribution in [3.8, 4) is 0 Å². The number of hydrogen-bond acceptors (Lipinski definition) is 7. The molecule has 1 aromatic rings. The predicted octanol–water partition coefficient (Wildman–Crippen LogP) is 2.76. The molecule has 0 radical (unpaired) electrons. The highest BCUT2D eigenvalue weighted by Crippen LogP contribution is 2.35. The average molecular weight is 511 g/mol. The van der Waals surface area contributed by atoms with E-state index in [2.05, 4.69) is 4.74 Å². The number of piperazine rings is 1. The fourth-order valence-corrected chi connectivity index (χ4v) is 3.90. The number of rotatable bonds is 4. The molecule has 0 aromatic heterocycles. The lowest BCUT2D eigenvalue weighted by atomic mass is 10.0. The molecule has 2 heterocycles. The number of likely N-dealkylation sites (N-methyl/N-ethyl adjacent to an activating group) is 1. The summed E-state index contributed by atoms with van der Waals surface area (Å²) in [5, 5.41) is 0. The van der Waals surface area contributed by atoms with E-state index in [0.717, 1.165) is 12.1 Å². The van der Waals surface area contributed by atoms with Gasteiger partial charge in [-0.05, 0) is 38.1 Å². The highest BCUT2D eigenvalue weighted by Gasteiger charge is 2.47. The topological polar surface area (TPSA) is 79.4 Å². The molecule has 1 amide bonds. The molecule has 0 spiro atoms. The minimum Gasteiger partial charge on any atom is -0.383 e. The van der Waals surface area contributed by atoms with Gasteiger partial charge in [0.05, 0.1) is 11.3 Å². The lowest BCUT2D eigenvalue weighted by Crippen LogP contribution is -2.50. The number of anilines is 2. The van der Waals surface area contributed by atoms with Gasteiger partial charge < -0.3 is 24.2 Å². The molecule has 8 nitrogen and oxygen atoms in total. The van der Waals surface area contributed by atoms with Crippen molar-refractivity contribution in [1.82, 2.24) is 4.90 Å². The molecule has 0 unspecified atom stereocenters. The van der Waals surface area contributed by atoms with E-state index in [0.29, 0.717) is 36.8 Å². The van der Waals surface area contributed by atoms with Crippen molar-refractivity contribution in [1.29, 1.82) is 0 Å². The smallest absolute Gasteiger partial charge is 0.383 e. The fourth-order valence-electron chi connectivity index (χ4n) is 3.90. The number of esters is 2. The van der Waals surface area contributed by atoms with Gasteiger partial charge in [-0.25, -0.2) is 9.59 Å². The van der Waals surface area contributed by atoms with Crippen LogP contribution < -0.4 is 9.80 Å². The van der Waals surface area contributed by atoms with Crippen LogP contribution >= 0.6 is 0 Å². The molecular formula is C21H23F6N3O5. The van der Waals surface area contributed by atoms with Crippen LogP contribution in [0.5, 0.6) is 0 Å². The zero-order valence-electron chi connectivity index (χ0n) is 18.6. The quantitative estimate of drug-likeness (QED) is 0.350. The third-order valence-corrected chi connectivity index (χ3v) is 5.76. The number of nitrogens with zero attached hydrogens (tertiary/aromatic N) is 3. The van der Waals surface area contributed by atoms with Crippen molar-refractivity contribution in [3.05, 3.63) is 23.8 Å². The number of carbonyl (C=O) groups excluding carboxylic acids is 3. The molecule has 2 saturated heterocycles. The van der Waals surface area contributed by atoms with Crippen LogP contribution in [0.2, 0.25) is 0 Å². The van der Waals surface area contributed by atoms with Gasteiger partial charge in [0, 0.05) is 51.1 Å². The number of amides is 1. The molecule has 0 saturated carbocycles. The van der Waals surface area contributed by atoms with Crippen molar-refractivity contribution in [2.75, 3.05) is 56.2 Å². The van der Waals surface area contributed by atoms with Gasteiger partial charge >= 0.3 is 30.2 Å². The van der Waals surface area contributed by atoms with Crippen molar-refractivity contribution >= 4 is 29.2 Å². The summed E-state index contributed by atoms with van der Waals surface area (Å²) in [6, 6.07) is 2.37. The van der Waals surface area contributed by atoms with Crippen molar-refractivity contribution < 1.29 is 50.2 Å². The molecule has 0 bridgehead atoms. The SMILES string of the molecule is CN1CCN(c2ccc(C(=O)OC(=O)C(F)(F)F)c(N(C(=O)C(F)(F)F)C3CCOCC3)c2)CC1. The largest absolute Gasteiger partial charge is 0.491 e. The summed E-state index contributed by atoms with van der Waals surface area (Å²) in [5.74, 6) is -6.94. The first kappa shape index (κ1) is 26.7. The van der Waals surface area contributed by atoms with Crippen LogP contribution in [-0.4, -0.2) is 87.6 Å². The second kappa shape index (κ2) is 10.4. The summed E-state index contributed by atoms with van der Waals surface area (Å²) in [6.45, 7) is 2.30. The Morgan fingerprint density at radius 2 is 1.57 bits per heavy atom. The Labute approximate surface area is 196 Å². The molecule has 0 aliphatic carbocycles. The van der Waals surface area contributed by atoms with E-state index in [4.69, 9.17) is 4.74 Å². The molecule has 1 aromatic carbocycles. The van der Waals surface area contributed by atoms with Crippen LogP contribution in [0, 0.1) is 0 Å². The summed E-state index contributed by atoms with van der Waals surface area (Å²) in [4.78, 5) is 40.4. The van der Waals surface area contributed by atoms with E-state index in [9.17, 15) is 40.7 Å². The molecule has 2 aliphatic heterocycles. The van der Waals surface area contributed by atoms with Crippen LogP contribution in [0.25, 0.3) is 0 Å². The maximum absolute atomic E-state index is 13.6. The zero-order valence-corrected chi connectivity index (χ0v) is 18.6. The fraction of sp³-hybridized carbons (Fsp3) is 0.571. The second-order valence-electron chi connectivity index (χ2n) is 8.18. The summed E-state index contributed by atoms with van der Waals surface area (Å²) in [6.07, 6.45) is -10.9. The Kier molecular flexibility index (Phi) is 7.94. The first-order chi connectivity index (χ1) is 16.3. The summed E-state index contributed by atoms with van der Waals surface area (Å²) < 4.78 is 87.7. The number of hydrogen-bond donors (Lipinski definition) is 0. The monoisotopic (exact) mass is 511 g/mol. The minimum atomic E-state index is -5.50. The van der Waals surface area contributed by atoms with E-state index in [1.165, 1.54) is 6.07 Å². The highest BCUT2D eigenvalue weighted by atomic mass is 19.4. The minimum absolute atomic E-state index is 0.00345. The third-order valence-electron chi connectivity index (χ3n) is 5.76. The van der Waals surface area contributed by atoms with E-state index < -0.39 is 47.5 Å². The molecule has 0 N–H and O–H groups in total. The summed E-state index contributed by atoms with van der Waals surface area (Å²) >= 11 is 0. The lowest BCUT2D eigenvalue weighted by Gasteiger charge is -2.37. The van der Waals surface area contributed by atoms with Crippen LogP contribution in [0.1, 0.15) is 23.2 Å². The van der Waals surface area contributed by atoms with Gasteiger partial charge in [-0.3, -0.25) is 4.79 Å². The van der Waals surface area contributed by atoms with Gasteiger partial charge in [0.25, 0.3) is 0 Å². The first-order valence-corrected chi connectivity index (χ1v) is 10.7. The van der Waals surface area contributed by atoms with Crippen molar-refractivity contribution in [2.24, 2.45) is 0 Å². The van der Waals surface area contributed by atoms with E-state index in [1.54, 1.807) is 4.90 Å².